The van der Waals surface area contributed by atoms with E-state index >= 15 is 0 Å². The van der Waals surface area contributed by atoms with Gasteiger partial charge in [0, 0.05) is 19.6 Å². The molecule has 0 aromatic heterocycles. The summed E-state index contributed by atoms with van der Waals surface area (Å²) < 4.78 is 0. The largest absolute Gasteiger partial charge is 0.336 e. The molecule has 1 aliphatic heterocycles. The molecule has 0 saturated carbocycles. The highest BCUT2D eigenvalue weighted by molar-refractivity contribution is 5.85. The van der Waals surface area contributed by atoms with E-state index in [2.05, 4.69) is 10.6 Å². The molecular formula is C7H16ClN3O. The van der Waals surface area contributed by atoms with Crippen LogP contribution < -0.4 is 10.6 Å². The van der Waals surface area contributed by atoms with E-state index in [0.717, 1.165) is 32.6 Å². The molecule has 1 saturated heterocycles. The third-order valence-electron chi connectivity index (χ3n) is 1.80. The molecule has 1 rings (SSSR count). The molecule has 0 bridgehead atoms. The fourth-order valence-corrected chi connectivity index (χ4v) is 1.17. The van der Waals surface area contributed by atoms with Gasteiger partial charge < -0.3 is 15.5 Å². The Hall–Kier alpha value is -0.480. The van der Waals surface area contributed by atoms with Crippen LogP contribution in [-0.4, -0.2) is 44.2 Å². The maximum absolute atomic E-state index is 11.0. The van der Waals surface area contributed by atoms with Crippen molar-refractivity contribution in [1.29, 1.82) is 0 Å². The van der Waals surface area contributed by atoms with Gasteiger partial charge in [-0.1, -0.05) is 0 Å². The van der Waals surface area contributed by atoms with E-state index in [4.69, 9.17) is 0 Å². The number of halogens is 1. The Morgan fingerprint density at radius 1 is 1.67 bits per heavy atom. The Bertz CT molecular complexity index is 143. The van der Waals surface area contributed by atoms with E-state index < -0.39 is 0 Å². The van der Waals surface area contributed by atoms with E-state index in [0.29, 0.717) is 0 Å². The molecule has 5 heteroatoms. The van der Waals surface area contributed by atoms with Crippen LogP contribution in [0.4, 0.5) is 4.79 Å². The number of carbonyl (C=O) groups excluding carboxylic acids is 1. The molecule has 4 nitrogen and oxygen atoms in total. The van der Waals surface area contributed by atoms with Gasteiger partial charge in [-0.15, -0.1) is 12.4 Å². The van der Waals surface area contributed by atoms with E-state index in [1.165, 1.54) is 0 Å². The number of nitrogens with one attached hydrogen (secondary N) is 2. The van der Waals surface area contributed by atoms with Crippen LogP contribution in [0.5, 0.6) is 0 Å². The first-order valence-electron chi connectivity index (χ1n) is 4.02. The van der Waals surface area contributed by atoms with Gasteiger partial charge in [0.05, 0.1) is 0 Å². The highest BCUT2D eigenvalue weighted by Crippen LogP contribution is 1.96. The van der Waals surface area contributed by atoms with Crippen molar-refractivity contribution in [1.82, 2.24) is 15.5 Å². The van der Waals surface area contributed by atoms with Crippen molar-refractivity contribution in [3.05, 3.63) is 0 Å². The lowest BCUT2D eigenvalue weighted by Crippen LogP contribution is -2.30. The molecule has 1 fully saturated rings. The minimum atomic E-state index is 0. The van der Waals surface area contributed by atoms with E-state index in [9.17, 15) is 4.79 Å². The molecular weight excluding hydrogens is 178 g/mol. The van der Waals surface area contributed by atoms with Gasteiger partial charge in [-0.3, -0.25) is 0 Å². The van der Waals surface area contributed by atoms with Crippen molar-refractivity contribution in [2.45, 2.75) is 6.42 Å². The first-order chi connectivity index (χ1) is 5.34. The van der Waals surface area contributed by atoms with Crippen molar-refractivity contribution in [3.8, 4) is 0 Å². The average Bonchev–Trinajstić information content (AvgIpc) is 2.37. The predicted molar refractivity (Wildman–Crippen MR) is 50.8 cm³/mol. The summed E-state index contributed by atoms with van der Waals surface area (Å²) in [5.74, 6) is 0. The molecule has 0 unspecified atom stereocenters. The number of hydrogen-bond acceptors (Lipinski definition) is 2. The maximum atomic E-state index is 11.0. The minimum Gasteiger partial charge on any atom is -0.336 e. The standard InChI is InChI=1S/C7H15N3O.ClH/c1-8-3-2-5-10-6-4-9-7(10)11;/h8H,2-6H2,1H3,(H,9,11);1H. The zero-order valence-electron chi connectivity index (χ0n) is 7.30. The van der Waals surface area contributed by atoms with E-state index in [1.807, 2.05) is 11.9 Å². The summed E-state index contributed by atoms with van der Waals surface area (Å²) in [4.78, 5) is 12.8. The van der Waals surface area contributed by atoms with Gasteiger partial charge in [0.2, 0.25) is 0 Å². The molecule has 0 aromatic carbocycles. The number of amides is 2. The first kappa shape index (κ1) is 11.5. The Labute approximate surface area is 79.1 Å². The molecule has 2 amide bonds. The monoisotopic (exact) mass is 193 g/mol. The lowest BCUT2D eigenvalue weighted by atomic mass is 10.4. The van der Waals surface area contributed by atoms with Crippen LogP contribution in [0.15, 0.2) is 0 Å². The number of carbonyl (C=O) groups is 1. The van der Waals surface area contributed by atoms with Crippen molar-refractivity contribution in [3.63, 3.8) is 0 Å². The number of nitrogens with zero attached hydrogens (tertiary/aromatic N) is 1. The van der Waals surface area contributed by atoms with Crippen LogP contribution >= 0.6 is 12.4 Å². The lowest BCUT2D eigenvalue weighted by Gasteiger charge is -2.12. The number of urea groups is 1. The van der Waals surface area contributed by atoms with Gasteiger partial charge in [-0.25, -0.2) is 4.79 Å². The zero-order valence-corrected chi connectivity index (χ0v) is 8.12. The summed E-state index contributed by atoms with van der Waals surface area (Å²) in [6.07, 6.45) is 1.03. The van der Waals surface area contributed by atoms with Gasteiger partial charge in [0.25, 0.3) is 0 Å². The molecule has 2 N–H and O–H groups in total. The fraction of sp³-hybridized carbons (Fsp3) is 0.857. The Kier molecular flexibility index (Phi) is 5.84. The lowest BCUT2D eigenvalue weighted by molar-refractivity contribution is 0.217. The van der Waals surface area contributed by atoms with E-state index in [1.54, 1.807) is 0 Å². The highest BCUT2D eigenvalue weighted by Gasteiger charge is 2.17. The quantitative estimate of drug-likeness (QED) is 0.620. The highest BCUT2D eigenvalue weighted by atomic mass is 35.5. The third kappa shape index (κ3) is 3.28. The second-order valence-electron chi connectivity index (χ2n) is 2.68. The summed E-state index contributed by atoms with van der Waals surface area (Å²) in [6, 6.07) is 0.0844. The summed E-state index contributed by atoms with van der Waals surface area (Å²) in [6.45, 7) is 3.51. The van der Waals surface area contributed by atoms with Crippen molar-refractivity contribution in [2.75, 3.05) is 33.2 Å². The van der Waals surface area contributed by atoms with Gasteiger partial charge in [0.1, 0.15) is 0 Å². The Balaban J connectivity index is 0.00000121. The maximum Gasteiger partial charge on any atom is 0.317 e. The SMILES string of the molecule is CNCCCN1CCNC1=O.Cl. The van der Waals surface area contributed by atoms with Crippen LogP contribution in [0.1, 0.15) is 6.42 Å². The normalized spacial score (nSPS) is 15.8. The smallest absolute Gasteiger partial charge is 0.317 e. The van der Waals surface area contributed by atoms with Gasteiger partial charge in [-0.2, -0.15) is 0 Å². The van der Waals surface area contributed by atoms with Crippen LogP contribution in [0.25, 0.3) is 0 Å². The van der Waals surface area contributed by atoms with Gasteiger partial charge >= 0.3 is 6.03 Å². The summed E-state index contributed by atoms with van der Waals surface area (Å²) in [7, 11) is 1.92. The van der Waals surface area contributed by atoms with E-state index in [-0.39, 0.29) is 18.4 Å². The van der Waals surface area contributed by atoms with Crippen molar-refractivity contribution >= 4 is 18.4 Å². The molecule has 12 heavy (non-hydrogen) atoms. The van der Waals surface area contributed by atoms with Gasteiger partial charge in [0.15, 0.2) is 0 Å². The average molecular weight is 194 g/mol. The van der Waals surface area contributed by atoms with Crippen LogP contribution in [0.2, 0.25) is 0 Å². The topological polar surface area (TPSA) is 44.4 Å². The molecule has 0 atom stereocenters. The summed E-state index contributed by atoms with van der Waals surface area (Å²) >= 11 is 0. The molecule has 72 valence electrons. The van der Waals surface area contributed by atoms with Crippen molar-refractivity contribution < 1.29 is 4.79 Å². The second kappa shape index (κ2) is 6.08. The zero-order chi connectivity index (χ0) is 8.10. The second-order valence-corrected chi connectivity index (χ2v) is 2.68. The number of rotatable bonds is 4. The summed E-state index contributed by atoms with van der Waals surface area (Å²) in [5, 5.41) is 5.81. The first-order valence-corrected chi connectivity index (χ1v) is 4.02. The Morgan fingerprint density at radius 3 is 2.92 bits per heavy atom. The van der Waals surface area contributed by atoms with Crippen LogP contribution in [0, 0.1) is 0 Å². The molecule has 1 aliphatic rings. The minimum absolute atomic E-state index is 0. The van der Waals surface area contributed by atoms with Crippen molar-refractivity contribution in [2.24, 2.45) is 0 Å². The molecule has 0 aromatic rings. The fourth-order valence-electron chi connectivity index (χ4n) is 1.17. The predicted octanol–water partition coefficient (Wildman–Crippen LogP) is 0.0429. The molecule has 0 aliphatic carbocycles. The molecule has 0 radical (unpaired) electrons. The molecule has 0 spiro atoms. The third-order valence-corrected chi connectivity index (χ3v) is 1.80. The van der Waals surface area contributed by atoms with Crippen LogP contribution in [-0.2, 0) is 0 Å². The van der Waals surface area contributed by atoms with Gasteiger partial charge in [-0.05, 0) is 20.0 Å². The summed E-state index contributed by atoms with van der Waals surface area (Å²) in [5.41, 5.74) is 0. The number of hydrogen-bond donors (Lipinski definition) is 2. The Morgan fingerprint density at radius 2 is 2.42 bits per heavy atom. The molecule has 1 heterocycles. The van der Waals surface area contributed by atoms with Crippen LogP contribution in [0.3, 0.4) is 0 Å².